The molecule has 0 aliphatic heterocycles. The van der Waals surface area contributed by atoms with E-state index >= 15 is 0 Å². The number of pyridine rings is 1. The van der Waals surface area contributed by atoms with E-state index in [4.69, 9.17) is 27.9 Å². The number of nitrogens with zero attached hydrogens (tertiary/aromatic N) is 1. The van der Waals surface area contributed by atoms with E-state index in [1.54, 1.807) is 37.6 Å². The van der Waals surface area contributed by atoms with Crippen molar-refractivity contribution in [2.75, 3.05) is 25.6 Å². The fraction of sp³-hybridized carbons (Fsp3) is 0.250. The van der Waals surface area contributed by atoms with Gasteiger partial charge in [0, 0.05) is 42.2 Å². The molecule has 0 aliphatic rings. The molecule has 7 heteroatoms. The van der Waals surface area contributed by atoms with Crippen LogP contribution in [0.4, 0.5) is 11.4 Å². The summed E-state index contributed by atoms with van der Waals surface area (Å²) in [5.41, 5.74) is 1.87. The van der Waals surface area contributed by atoms with E-state index in [1.807, 2.05) is 0 Å². The third kappa shape index (κ3) is 5.71. The van der Waals surface area contributed by atoms with Crippen LogP contribution in [0.3, 0.4) is 0 Å². The number of benzene rings is 1. The molecular weight excluding hydrogens is 337 g/mol. The zero-order valence-corrected chi connectivity index (χ0v) is 14.1. The van der Waals surface area contributed by atoms with Gasteiger partial charge in [-0.3, -0.25) is 9.78 Å². The Labute approximate surface area is 145 Å². The number of carbonyl (C=O) groups excluding carboxylic acids is 1. The maximum Gasteiger partial charge on any atom is 0.252 e. The highest BCUT2D eigenvalue weighted by Crippen LogP contribution is 2.25. The van der Waals surface area contributed by atoms with E-state index in [0.717, 1.165) is 12.1 Å². The predicted molar refractivity (Wildman–Crippen MR) is 92.8 cm³/mol. The topological polar surface area (TPSA) is 63.2 Å². The highest BCUT2D eigenvalue weighted by Gasteiger charge is 2.07. The first-order chi connectivity index (χ1) is 11.1. The van der Waals surface area contributed by atoms with Gasteiger partial charge in [0.15, 0.2) is 0 Å². The summed E-state index contributed by atoms with van der Waals surface area (Å²) in [7, 11) is 1.63. The molecule has 2 rings (SSSR count). The lowest BCUT2D eigenvalue weighted by molar-refractivity contribution is 0.0948. The number of carbonyl (C=O) groups is 1. The van der Waals surface area contributed by atoms with Gasteiger partial charge in [-0.1, -0.05) is 23.2 Å². The van der Waals surface area contributed by atoms with E-state index in [1.165, 1.54) is 6.20 Å². The molecule has 122 valence electrons. The normalized spacial score (nSPS) is 10.4. The molecule has 0 atom stereocenters. The molecule has 1 amide bonds. The standard InChI is InChI=1S/C16H17Cl2N3O2/c1-23-4-2-3-20-16(22)11-5-15(10-19-9-11)21-14-7-12(17)6-13(18)8-14/h5-10,21H,2-4H2,1H3,(H,20,22). The van der Waals surface area contributed by atoms with Crippen molar-refractivity contribution in [1.29, 1.82) is 0 Å². The molecule has 5 nitrogen and oxygen atoms in total. The number of nitrogens with one attached hydrogen (secondary N) is 2. The Hall–Kier alpha value is -1.82. The van der Waals surface area contributed by atoms with Gasteiger partial charge in [0.05, 0.1) is 17.4 Å². The van der Waals surface area contributed by atoms with Crippen molar-refractivity contribution in [2.45, 2.75) is 6.42 Å². The Kier molecular flexibility index (Phi) is 6.65. The fourth-order valence-electron chi connectivity index (χ4n) is 1.95. The van der Waals surface area contributed by atoms with E-state index in [0.29, 0.717) is 34.4 Å². The van der Waals surface area contributed by atoms with Crippen LogP contribution >= 0.6 is 23.2 Å². The summed E-state index contributed by atoms with van der Waals surface area (Å²) in [6, 6.07) is 6.85. The molecule has 0 saturated heterocycles. The molecular formula is C16H17Cl2N3O2. The van der Waals surface area contributed by atoms with Crippen molar-refractivity contribution in [2.24, 2.45) is 0 Å². The maximum absolute atomic E-state index is 12.1. The minimum atomic E-state index is -0.179. The van der Waals surface area contributed by atoms with Crippen LogP contribution in [0, 0.1) is 0 Å². The molecule has 0 aliphatic carbocycles. The number of halogens is 2. The van der Waals surface area contributed by atoms with Crippen LogP contribution in [0.25, 0.3) is 0 Å². The Morgan fingerprint density at radius 3 is 2.57 bits per heavy atom. The number of methoxy groups -OCH3 is 1. The largest absolute Gasteiger partial charge is 0.385 e. The molecule has 2 aromatic rings. The molecule has 0 spiro atoms. The Balaban J connectivity index is 2.03. The molecule has 1 aromatic carbocycles. The van der Waals surface area contributed by atoms with E-state index < -0.39 is 0 Å². The summed E-state index contributed by atoms with van der Waals surface area (Å²) in [5, 5.41) is 7.00. The number of hydrogen-bond donors (Lipinski definition) is 2. The van der Waals surface area contributed by atoms with Gasteiger partial charge in [-0.15, -0.1) is 0 Å². The first kappa shape index (κ1) is 17.5. The summed E-state index contributed by atoms with van der Waals surface area (Å²) in [6.07, 6.45) is 3.90. The first-order valence-electron chi connectivity index (χ1n) is 7.04. The second kappa shape index (κ2) is 8.72. The Morgan fingerprint density at radius 1 is 1.13 bits per heavy atom. The summed E-state index contributed by atoms with van der Waals surface area (Å²) in [5.74, 6) is -0.179. The first-order valence-corrected chi connectivity index (χ1v) is 7.79. The maximum atomic E-state index is 12.1. The lowest BCUT2D eigenvalue weighted by Gasteiger charge is -2.09. The van der Waals surface area contributed by atoms with Crippen LogP contribution < -0.4 is 10.6 Å². The monoisotopic (exact) mass is 353 g/mol. The minimum absolute atomic E-state index is 0.179. The lowest BCUT2D eigenvalue weighted by Crippen LogP contribution is -2.25. The van der Waals surface area contributed by atoms with Gasteiger partial charge in [0.25, 0.3) is 5.91 Å². The second-order valence-corrected chi connectivity index (χ2v) is 5.72. The van der Waals surface area contributed by atoms with Gasteiger partial charge < -0.3 is 15.4 Å². The lowest BCUT2D eigenvalue weighted by atomic mass is 10.2. The Bertz CT molecular complexity index is 660. The molecule has 0 radical (unpaired) electrons. The average molecular weight is 354 g/mol. The van der Waals surface area contributed by atoms with Gasteiger partial charge in [-0.25, -0.2) is 0 Å². The number of amides is 1. The molecule has 23 heavy (non-hydrogen) atoms. The third-order valence-corrected chi connectivity index (χ3v) is 3.40. The molecule has 0 saturated carbocycles. The molecule has 2 N–H and O–H groups in total. The molecule has 0 bridgehead atoms. The van der Waals surface area contributed by atoms with E-state index in [2.05, 4.69) is 15.6 Å². The Morgan fingerprint density at radius 2 is 1.87 bits per heavy atom. The van der Waals surface area contributed by atoms with Crippen LogP contribution in [-0.4, -0.2) is 31.2 Å². The summed E-state index contributed by atoms with van der Waals surface area (Å²) >= 11 is 11.9. The number of rotatable bonds is 7. The van der Waals surface area contributed by atoms with Gasteiger partial charge in [0.1, 0.15) is 0 Å². The van der Waals surface area contributed by atoms with E-state index in [9.17, 15) is 4.79 Å². The molecule has 0 unspecified atom stereocenters. The van der Waals surface area contributed by atoms with Crippen LogP contribution in [0.2, 0.25) is 10.0 Å². The predicted octanol–water partition coefficient (Wildman–Crippen LogP) is 3.90. The summed E-state index contributed by atoms with van der Waals surface area (Å²) in [6.45, 7) is 1.16. The average Bonchev–Trinajstić information content (AvgIpc) is 2.50. The number of aromatic nitrogens is 1. The van der Waals surface area contributed by atoms with Crippen molar-refractivity contribution in [3.05, 3.63) is 52.3 Å². The van der Waals surface area contributed by atoms with Crippen molar-refractivity contribution in [3.63, 3.8) is 0 Å². The van der Waals surface area contributed by atoms with Crippen LogP contribution in [-0.2, 0) is 4.74 Å². The fourth-order valence-corrected chi connectivity index (χ4v) is 2.47. The summed E-state index contributed by atoms with van der Waals surface area (Å²) < 4.78 is 4.94. The molecule has 1 heterocycles. The van der Waals surface area contributed by atoms with Gasteiger partial charge >= 0.3 is 0 Å². The zero-order valence-electron chi connectivity index (χ0n) is 12.6. The number of hydrogen-bond acceptors (Lipinski definition) is 4. The van der Waals surface area contributed by atoms with Crippen molar-refractivity contribution in [3.8, 4) is 0 Å². The van der Waals surface area contributed by atoms with Gasteiger partial charge in [-0.2, -0.15) is 0 Å². The van der Waals surface area contributed by atoms with E-state index in [-0.39, 0.29) is 5.91 Å². The van der Waals surface area contributed by atoms with Crippen LogP contribution in [0.5, 0.6) is 0 Å². The van der Waals surface area contributed by atoms with Crippen LogP contribution in [0.15, 0.2) is 36.7 Å². The summed E-state index contributed by atoms with van der Waals surface area (Å²) in [4.78, 5) is 16.1. The van der Waals surface area contributed by atoms with Crippen molar-refractivity contribution >= 4 is 40.5 Å². The highest BCUT2D eigenvalue weighted by atomic mass is 35.5. The molecule has 0 fully saturated rings. The smallest absolute Gasteiger partial charge is 0.252 e. The highest BCUT2D eigenvalue weighted by molar-refractivity contribution is 6.35. The van der Waals surface area contributed by atoms with Gasteiger partial charge in [-0.05, 0) is 30.7 Å². The SMILES string of the molecule is COCCCNC(=O)c1cncc(Nc2cc(Cl)cc(Cl)c2)c1. The van der Waals surface area contributed by atoms with Gasteiger partial charge in [0.2, 0.25) is 0 Å². The minimum Gasteiger partial charge on any atom is -0.385 e. The quantitative estimate of drug-likeness (QED) is 0.741. The molecule has 1 aromatic heterocycles. The van der Waals surface area contributed by atoms with Crippen LogP contribution in [0.1, 0.15) is 16.8 Å². The van der Waals surface area contributed by atoms with Crippen molar-refractivity contribution < 1.29 is 9.53 Å². The third-order valence-electron chi connectivity index (χ3n) is 2.96. The second-order valence-electron chi connectivity index (χ2n) is 4.85. The van der Waals surface area contributed by atoms with Crippen molar-refractivity contribution in [1.82, 2.24) is 10.3 Å². The number of ether oxygens (including phenoxy) is 1. The zero-order chi connectivity index (χ0) is 16.7. The number of anilines is 2.